The largest absolute Gasteiger partial charge is 0.508 e. The molecule has 1 aromatic rings. The van der Waals surface area contributed by atoms with E-state index in [2.05, 4.69) is 47.0 Å². The number of carbonyl (C=O) groups is 9. The van der Waals surface area contributed by atoms with Gasteiger partial charge in [0.2, 0.25) is 47.3 Å². The van der Waals surface area contributed by atoms with Crippen LogP contribution >= 0.6 is 0 Å². The molecule has 9 atom stereocenters. The van der Waals surface area contributed by atoms with E-state index in [1.165, 1.54) is 31.0 Å². The zero-order chi connectivity index (χ0) is 53.3. The fourth-order valence-electron chi connectivity index (χ4n) is 7.42. The molecule has 0 spiro atoms. The Kier molecular flexibility index (Phi) is 28.4. The number of piperidine rings is 1. The van der Waals surface area contributed by atoms with Crippen molar-refractivity contribution in [2.75, 3.05) is 13.6 Å². The Morgan fingerprint density at radius 2 is 1.30 bits per heavy atom. The van der Waals surface area contributed by atoms with Crippen LogP contribution in [0.25, 0.3) is 0 Å². The number of nitrogens with zero attached hydrogens (tertiary/aromatic N) is 2. The number of esters is 1. The first-order valence-corrected chi connectivity index (χ1v) is 23.4. The number of benzene rings is 1. The van der Waals surface area contributed by atoms with Crippen LogP contribution in [0, 0.1) is 49.4 Å². The summed E-state index contributed by atoms with van der Waals surface area (Å²) in [4.78, 5) is 124. The molecule has 0 saturated carbocycles. The Morgan fingerprint density at radius 3 is 1.80 bits per heavy atom. The number of phenolic OH excluding ortho intramolecular Hbond substituents is 1. The van der Waals surface area contributed by atoms with E-state index in [0.717, 1.165) is 6.42 Å². The van der Waals surface area contributed by atoms with Gasteiger partial charge in [-0.1, -0.05) is 80.4 Å². The van der Waals surface area contributed by atoms with Gasteiger partial charge in [0.25, 0.3) is 0 Å². The number of amides is 8. The lowest BCUT2D eigenvalue weighted by atomic mass is 9.92. The van der Waals surface area contributed by atoms with Gasteiger partial charge in [-0.2, -0.15) is 0 Å². The van der Waals surface area contributed by atoms with E-state index >= 15 is 0 Å². The highest BCUT2D eigenvalue weighted by Crippen LogP contribution is 2.25. The molecule has 69 heavy (non-hydrogen) atoms. The predicted molar refractivity (Wildman–Crippen MR) is 262 cm³/mol. The Bertz CT molecular complexity index is 1910. The fourth-order valence-corrected chi connectivity index (χ4v) is 7.42. The van der Waals surface area contributed by atoms with E-state index < -0.39 is 102 Å². The SMILES string of the molecule is C#C.C#C.CC[C@H](C)[C@H](NC(=O)C(Cc1ccc(O)cc1)N(C)C(=O)[C@H]([C@@H](C)CC)N1CCCCC1=O)C(=O)O[C@H](C)[C@H](NC(=O)[C@H](CCC(N)=O)NC(=O)C(C)C)C(=O)N[C@@H](CC(C)C)C(N)=O. The maximum Gasteiger partial charge on any atom is 0.329 e. The van der Waals surface area contributed by atoms with Crippen LogP contribution in [0.1, 0.15) is 119 Å². The van der Waals surface area contributed by atoms with Gasteiger partial charge in [-0.15, -0.1) is 25.7 Å². The van der Waals surface area contributed by atoms with Crippen molar-refractivity contribution in [2.24, 2.45) is 35.1 Å². The van der Waals surface area contributed by atoms with Gasteiger partial charge in [0.15, 0.2) is 0 Å². The summed E-state index contributed by atoms with van der Waals surface area (Å²) in [6, 6.07) is -1.56. The molecule has 1 unspecified atom stereocenters. The number of hydrogen-bond donors (Lipinski definition) is 7. The molecule has 2 rings (SSSR count). The smallest absolute Gasteiger partial charge is 0.329 e. The number of ether oxygens (including phenoxy) is 1. The molecule has 0 radical (unpaired) electrons. The molecule has 9 N–H and O–H groups in total. The number of nitrogens with two attached hydrogens (primary N) is 2. The Labute approximate surface area is 408 Å². The molecule has 0 aliphatic carbocycles. The van der Waals surface area contributed by atoms with Crippen molar-refractivity contribution in [1.29, 1.82) is 0 Å². The second-order valence-electron chi connectivity index (χ2n) is 18.0. The van der Waals surface area contributed by atoms with Crippen molar-refractivity contribution in [3.05, 3.63) is 29.8 Å². The van der Waals surface area contributed by atoms with Crippen LogP contribution in [-0.4, -0.2) is 124 Å². The minimum absolute atomic E-state index is 0.0111. The molecule has 1 aliphatic rings. The summed E-state index contributed by atoms with van der Waals surface area (Å²) >= 11 is 0. The normalized spacial score (nSPS) is 16.1. The number of nitrogens with one attached hydrogen (secondary N) is 4. The van der Waals surface area contributed by atoms with Crippen molar-refractivity contribution < 1.29 is 53.0 Å². The lowest BCUT2D eigenvalue weighted by Gasteiger charge is -2.40. The average molecular weight is 967 g/mol. The number of primary amides is 2. The molecule has 8 amide bonds. The van der Waals surface area contributed by atoms with Crippen LogP contribution in [0.4, 0.5) is 0 Å². The van der Waals surface area contributed by atoms with E-state index in [9.17, 15) is 48.3 Å². The summed E-state index contributed by atoms with van der Waals surface area (Å²) < 4.78 is 5.88. The highest BCUT2D eigenvalue weighted by molar-refractivity contribution is 5.96. The van der Waals surface area contributed by atoms with E-state index in [1.807, 2.05) is 13.8 Å². The van der Waals surface area contributed by atoms with Gasteiger partial charge >= 0.3 is 5.97 Å². The minimum Gasteiger partial charge on any atom is -0.508 e. The van der Waals surface area contributed by atoms with Crippen LogP contribution in [0.3, 0.4) is 0 Å². The molecule has 1 saturated heterocycles. The Morgan fingerprint density at radius 1 is 0.754 bits per heavy atom. The van der Waals surface area contributed by atoms with Gasteiger partial charge in [0.1, 0.15) is 48.1 Å². The third kappa shape index (κ3) is 20.2. The van der Waals surface area contributed by atoms with Gasteiger partial charge in [0, 0.05) is 38.8 Å². The Hall–Kier alpha value is -6.63. The number of hydrogen-bond acceptors (Lipinski definition) is 11. The standard InChI is InChI=1S/C46H74N8O11.2C2H2/c1-11-27(7)37(51-43(61)34(24-30-16-18-31(55)19-17-30)53(10)45(63)39(28(8)12-2)54-22-14-13-15-36(54)57)46(64)65-29(9)38(44(62)50-33(40(48)58)23-25(3)4)52-42(60)32(20-21-35(47)56)49-41(59)26(5)6;2*1-2/h16-19,25-29,32-34,37-39,55H,11-15,20-24H2,1-10H3,(H2,47,56)(H2,48,58)(H,49,59)(H,50,62)(H,51,61)(H,52,60);2*1-2H/t27-,28-,29+,32-,33-,34?,37-,38-,39-;;/m0../s1. The number of aromatic hydroxyl groups is 1. The number of rotatable bonds is 26. The molecule has 1 heterocycles. The molecular formula is C50H78N8O11. The van der Waals surface area contributed by atoms with E-state index in [-0.39, 0.29) is 49.2 Å². The number of carbonyl (C=O) groups excluding carboxylic acids is 9. The molecule has 0 bridgehead atoms. The topological polar surface area (TPSA) is 290 Å². The van der Waals surface area contributed by atoms with E-state index in [0.29, 0.717) is 37.8 Å². The highest BCUT2D eigenvalue weighted by atomic mass is 16.5. The summed E-state index contributed by atoms with van der Waals surface area (Å²) in [6.07, 6.45) is 16.8. The summed E-state index contributed by atoms with van der Waals surface area (Å²) in [5.41, 5.74) is 11.5. The van der Waals surface area contributed by atoms with Crippen molar-refractivity contribution in [3.8, 4) is 31.4 Å². The van der Waals surface area contributed by atoms with Gasteiger partial charge in [0.05, 0.1) is 0 Å². The van der Waals surface area contributed by atoms with Gasteiger partial charge < -0.3 is 52.4 Å². The van der Waals surface area contributed by atoms with Crippen molar-refractivity contribution in [2.45, 2.75) is 162 Å². The van der Waals surface area contributed by atoms with Crippen LogP contribution in [-0.2, 0) is 54.3 Å². The number of likely N-dealkylation sites (tertiary alicyclic amines) is 1. The molecule has 0 aromatic heterocycles. The fraction of sp³-hybridized carbons (Fsp3) is 0.620. The van der Waals surface area contributed by atoms with Crippen LogP contribution in [0.5, 0.6) is 5.75 Å². The predicted octanol–water partition coefficient (Wildman–Crippen LogP) is 2.06. The van der Waals surface area contributed by atoms with Gasteiger partial charge in [-0.25, -0.2) is 4.79 Å². The maximum absolute atomic E-state index is 14.6. The van der Waals surface area contributed by atoms with Crippen molar-refractivity contribution >= 4 is 53.2 Å². The monoisotopic (exact) mass is 967 g/mol. The minimum atomic E-state index is -1.69. The molecule has 1 fully saturated rings. The lowest BCUT2D eigenvalue weighted by molar-refractivity contribution is -0.158. The van der Waals surface area contributed by atoms with Crippen LogP contribution in [0.2, 0.25) is 0 Å². The van der Waals surface area contributed by atoms with E-state index in [1.54, 1.807) is 58.6 Å². The first-order chi connectivity index (χ1) is 32.4. The quantitative estimate of drug-likeness (QED) is 0.0521. The van der Waals surface area contributed by atoms with Gasteiger partial charge in [-0.05, 0) is 68.1 Å². The average Bonchev–Trinajstić information content (AvgIpc) is 3.31. The second kappa shape index (κ2) is 31.4. The summed E-state index contributed by atoms with van der Waals surface area (Å²) in [5, 5.41) is 20.4. The number of phenols is 1. The van der Waals surface area contributed by atoms with Crippen molar-refractivity contribution in [3.63, 3.8) is 0 Å². The number of terminal acetylenes is 2. The van der Waals surface area contributed by atoms with Gasteiger partial charge in [-0.3, -0.25) is 38.4 Å². The van der Waals surface area contributed by atoms with E-state index in [4.69, 9.17) is 16.2 Å². The van der Waals surface area contributed by atoms with Crippen molar-refractivity contribution in [1.82, 2.24) is 31.1 Å². The highest BCUT2D eigenvalue weighted by Gasteiger charge is 2.42. The summed E-state index contributed by atoms with van der Waals surface area (Å²) in [6.45, 7) is 15.8. The summed E-state index contributed by atoms with van der Waals surface area (Å²) in [7, 11) is 1.47. The molecule has 19 heteroatoms. The molecule has 384 valence electrons. The molecule has 1 aromatic carbocycles. The third-order valence-electron chi connectivity index (χ3n) is 11.9. The first kappa shape index (κ1) is 62.4. The Balaban J connectivity index is 0.0000112. The molecule has 19 nitrogen and oxygen atoms in total. The lowest BCUT2D eigenvalue weighted by Crippen LogP contribution is -2.61. The zero-order valence-corrected chi connectivity index (χ0v) is 42.1. The van der Waals surface area contributed by atoms with Crippen LogP contribution in [0.15, 0.2) is 24.3 Å². The number of likely N-dealkylation sites (N-methyl/N-ethyl adjacent to an activating group) is 1. The summed E-state index contributed by atoms with van der Waals surface area (Å²) in [5.74, 6) is -7.82. The second-order valence-corrected chi connectivity index (χ2v) is 18.0. The maximum atomic E-state index is 14.6. The third-order valence-corrected chi connectivity index (χ3v) is 11.9. The first-order valence-electron chi connectivity index (χ1n) is 23.4. The molecular weight excluding hydrogens is 889 g/mol. The zero-order valence-electron chi connectivity index (χ0n) is 42.1. The molecule has 1 aliphatic heterocycles. The van der Waals surface area contributed by atoms with Crippen LogP contribution < -0.4 is 32.7 Å².